The molecule has 0 spiro atoms. The number of methoxy groups -OCH3 is 1. The van der Waals surface area contributed by atoms with Gasteiger partial charge in [-0.2, -0.15) is 5.10 Å². The molecular weight excluding hydrogens is 320 g/mol. The Bertz CT molecular complexity index is 775. The molecule has 1 N–H and O–H groups in total. The van der Waals surface area contributed by atoms with Crippen molar-refractivity contribution in [3.8, 4) is 5.75 Å². The van der Waals surface area contributed by atoms with Crippen molar-refractivity contribution in [1.29, 1.82) is 0 Å². The third-order valence-electron chi connectivity index (χ3n) is 3.17. The van der Waals surface area contributed by atoms with Gasteiger partial charge in [-0.15, -0.1) is 0 Å². The molecule has 0 saturated heterocycles. The summed E-state index contributed by atoms with van der Waals surface area (Å²) < 4.78 is 32.1. The maximum atomic E-state index is 13.7. The lowest BCUT2D eigenvalue weighted by Gasteiger charge is -2.15. The predicted molar refractivity (Wildman–Crippen MR) is 88.6 cm³/mol. The van der Waals surface area contributed by atoms with E-state index < -0.39 is 11.6 Å². The molecule has 0 bridgehead atoms. The summed E-state index contributed by atoms with van der Waals surface area (Å²) in [5, 5.41) is 4.69. The van der Waals surface area contributed by atoms with Crippen LogP contribution in [-0.4, -0.2) is 23.7 Å². The van der Waals surface area contributed by atoms with Gasteiger partial charge < -0.3 is 4.74 Å². The van der Waals surface area contributed by atoms with Gasteiger partial charge in [-0.05, 0) is 42.5 Å². The summed E-state index contributed by atoms with van der Waals surface area (Å²) in [6.45, 7) is 0. The van der Waals surface area contributed by atoms with Crippen molar-refractivity contribution in [1.82, 2.24) is 5.43 Å². The summed E-state index contributed by atoms with van der Waals surface area (Å²) in [4.78, 5) is 4.40. The van der Waals surface area contributed by atoms with Crippen LogP contribution in [0, 0.1) is 11.6 Å². The summed E-state index contributed by atoms with van der Waals surface area (Å²) in [5.41, 5.74) is 4.12. The molecule has 0 atom stereocenters. The van der Waals surface area contributed by atoms with Crippen LogP contribution in [-0.2, 0) is 0 Å². The van der Waals surface area contributed by atoms with E-state index in [0.717, 1.165) is 29.6 Å². The molecule has 1 aliphatic rings. The van der Waals surface area contributed by atoms with E-state index in [1.807, 2.05) is 24.3 Å². The van der Waals surface area contributed by atoms with Crippen LogP contribution >= 0.6 is 11.8 Å². The Morgan fingerprint density at radius 3 is 2.61 bits per heavy atom. The van der Waals surface area contributed by atoms with Gasteiger partial charge in [0.05, 0.1) is 18.5 Å². The van der Waals surface area contributed by atoms with Crippen molar-refractivity contribution >= 4 is 28.3 Å². The molecule has 118 valence electrons. The van der Waals surface area contributed by atoms with Crippen molar-refractivity contribution in [3.05, 3.63) is 59.7 Å². The molecule has 2 aromatic rings. The fourth-order valence-electron chi connectivity index (χ4n) is 2.00. The van der Waals surface area contributed by atoms with E-state index in [4.69, 9.17) is 4.74 Å². The Balaban J connectivity index is 1.77. The van der Waals surface area contributed by atoms with E-state index >= 15 is 0 Å². The highest BCUT2D eigenvalue weighted by Gasteiger charge is 2.17. The van der Waals surface area contributed by atoms with E-state index in [1.165, 1.54) is 11.8 Å². The summed E-state index contributed by atoms with van der Waals surface area (Å²) in [6, 6.07) is 10.6. The van der Waals surface area contributed by atoms with Crippen LogP contribution in [0.1, 0.15) is 5.56 Å². The van der Waals surface area contributed by atoms with Crippen LogP contribution in [0.15, 0.2) is 52.6 Å². The second-order valence-corrected chi connectivity index (χ2v) is 5.66. The molecular formula is C16H13F2N3OS. The molecule has 0 fully saturated rings. The number of amidine groups is 1. The number of hydrogen-bond donors (Lipinski definition) is 1. The van der Waals surface area contributed by atoms with Crippen LogP contribution in [0.3, 0.4) is 0 Å². The van der Waals surface area contributed by atoms with E-state index in [0.29, 0.717) is 16.6 Å². The normalized spacial score (nSPS) is 16.0. The van der Waals surface area contributed by atoms with Crippen LogP contribution in [0.25, 0.3) is 0 Å². The number of thioether (sulfide) groups is 1. The van der Waals surface area contributed by atoms with E-state index in [9.17, 15) is 8.78 Å². The third kappa shape index (κ3) is 3.68. The molecule has 1 heterocycles. The van der Waals surface area contributed by atoms with Crippen LogP contribution < -0.4 is 10.2 Å². The van der Waals surface area contributed by atoms with Crippen molar-refractivity contribution in [3.63, 3.8) is 0 Å². The topological polar surface area (TPSA) is 46.0 Å². The molecule has 0 aliphatic carbocycles. The molecule has 2 aromatic carbocycles. The van der Waals surface area contributed by atoms with Crippen LogP contribution in [0.2, 0.25) is 0 Å². The number of halogens is 2. The first-order valence-corrected chi connectivity index (χ1v) is 7.78. The zero-order valence-corrected chi connectivity index (χ0v) is 13.0. The molecule has 0 radical (unpaired) electrons. The Labute approximate surface area is 136 Å². The van der Waals surface area contributed by atoms with Gasteiger partial charge in [-0.25, -0.2) is 13.8 Å². The Morgan fingerprint density at radius 2 is 1.96 bits per heavy atom. The number of hydrogen-bond acceptors (Lipinski definition) is 4. The molecule has 4 nitrogen and oxygen atoms in total. The first kappa shape index (κ1) is 15.5. The van der Waals surface area contributed by atoms with E-state index in [-0.39, 0.29) is 5.56 Å². The van der Waals surface area contributed by atoms with E-state index in [1.54, 1.807) is 7.11 Å². The SMILES string of the molecule is COc1ccc(N=C2NN=C(c3cc(F)ccc3F)CS2)cc1. The standard InChI is InChI=1S/C16H13F2N3OS/c1-22-12-5-3-11(4-6-12)19-16-21-20-15(9-23-16)13-8-10(17)2-7-14(13)18/h2-8H,9H2,1H3,(H,19,21). The summed E-state index contributed by atoms with van der Waals surface area (Å²) in [6.07, 6.45) is 0. The quantitative estimate of drug-likeness (QED) is 0.931. The van der Waals surface area contributed by atoms with Gasteiger partial charge in [0.1, 0.15) is 17.4 Å². The molecule has 3 rings (SSSR count). The minimum atomic E-state index is -0.497. The first-order chi connectivity index (χ1) is 11.2. The number of benzene rings is 2. The monoisotopic (exact) mass is 333 g/mol. The number of ether oxygens (including phenoxy) is 1. The molecule has 0 aromatic heterocycles. The average molecular weight is 333 g/mol. The Hall–Kier alpha value is -2.41. The smallest absolute Gasteiger partial charge is 0.182 e. The first-order valence-electron chi connectivity index (χ1n) is 6.79. The van der Waals surface area contributed by atoms with E-state index in [2.05, 4.69) is 15.5 Å². The second kappa shape index (κ2) is 6.78. The number of hydrazone groups is 1. The molecule has 0 amide bonds. The Kier molecular flexibility index (Phi) is 4.57. The minimum absolute atomic E-state index is 0.161. The van der Waals surface area contributed by atoms with Crippen molar-refractivity contribution in [2.75, 3.05) is 12.9 Å². The third-order valence-corrected chi connectivity index (χ3v) is 4.05. The maximum absolute atomic E-state index is 13.7. The minimum Gasteiger partial charge on any atom is -0.497 e. The number of rotatable bonds is 3. The molecule has 1 aliphatic heterocycles. The van der Waals surface area contributed by atoms with Crippen LogP contribution in [0.4, 0.5) is 14.5 Å². The van der Waals surface area contributed by atoms with Gasteiger partial charge in [0.15, 0.2) is 5.17 Å². The van der Waals surface area contributed by atoms with Crippen LogP contribution in [0.5, 0.6) is 5.75 Å². The average Bonchev–Trinajstić information content (AvgIpc) is 2.58. The summed E-state index contributed by atoms with van der Waals surface area (Å²) in [5.74, 6) is 0.164. The highest BCUT2D eigenvalue weighted by molar-refractivity contribution is 8.14. The maximum Gasteiger partial charge on any atom is 0.182 e. The van der Waals surface area contributed by atoms with Crippen molar-refractivity contribution in [2.45, 2.75) is 0 Å². The lowest BCUT2D eigenvalue weighted by Crippen LogP contribution is -2.25. The molecule has 0 saturated carbocycles. The zero-order chi connectivity index (χ0) is 16.2. The summed E-state index contributed by atoms with van der Waals surface area (Å²) in [7, 11) is 1.60. The van der Waals surface area contributed by atoms with Gasteiger partial charge in [0.2, 0.25) is 0 Å². The summed E-state index contributed by atoms with van der Waals surface area (Å²) >= 11 is 1.37. The predicted octanol–water partition coefficient (Wildman–Crippen LogP) is 3.70. The molecule has 0 unspecified atom stereocenters. The zero-order valence-electron chi connectivity index (χ0n) is 12.2. The van der Waals surface area contributed by atoms with Gasteiger partial charge >= 0.3 is 0 Å². The Morgan fingerprint density at radius 1 is 1.17 bits per heavy atom. The number of aliphatic imine (C=N–C) groups is 1. The largest absolute Gasteiger partial charge is 0.497 e. The van der Waals surface area contributed by atoms with Crippen molar-refractivity contribution in [2.24, 2.45) is 10.1 Å². The number of nitrogens with one attached hydrogen (secondary N) is 1. The van der Waals surface area contributed by atoms with Gasteiger partial charge in [0, 0.05) is 11.3 Å². The molecule has 23 heavy (non-hydrogen) atoms. The highest BCUT2D eigenvalue weighted by atomic mass is 32.2. The number of nitrogens with zero attached hydrogens (tertiary/aromatic N) is 2. The van der Waals surface area contributed by atoms with Gasteiger partial charge in [0.25, 0.3) is 0 Å². The lowest BCUT2D eigenvalue weighted by atomic mass is 10.1. The fraction of sp³-hybridized carbons (Fsp3) is 0.125. The molecule has 7 heteroatoms. The van der Waals surface area contributed by atoms with Gasteiger partial charge in [-0.1, -0.05) is 11.8 Å². The van der Waals surface area contributed by atoms with Gasteiger partial charge in [-0.3, -0.25) is 5.43 Å². The van der Waals surface area contributed by atoms with Crippen molar-refractivity contribution < 1.29 is 13.5 Å². The second-order valence-electron chi connectivity index (χ2n) is 4.70. The highest BCUT2D eigenvalue weighted by Crippen LogP contribution is 2.22. The fourth-order valence-corrected chi connectivity index (χ4v) is 2.78. The lowest BCUT2D eigenvalue weighted by molar-refractivity contribution is 0.415.